The van der Waals surface area contributed by atoms with Gasteiger partial charge in [-0.25, -0.2) is 0 Å². The number of rotatable bonds is 31. The first-order chi connectivity index (χ1) is 22.6. The molecule has 0 spiro atoms. The van der Waals surface area contributed by atoms with Crippen molar-refractivity contribution in [2.75, 3.05) is 13.2 Å². The van der Waals surface area contributed by atoms with Crippen molar-refractivity contribution in [2.24, 2.45) is 0 Å². The Morgan fingerprint density at radius 3 is 1.67 bits per heavy atom. The van der Waals surface area contributed by atoms with Crippen LogP contribution in [0.4, 0.5) is 0 Å². The first-order valence-corrected chi connectivity index (χ1v) is 18.5. The fourth-order valence-corrected chi connectivity index (χ4v) is 5.09. The molecule has 1 aliphatic rings. The van der Waals surface area contributed by atoms with E-state index in [-0.39, 0.29) is 25.6 Å². The highest BCUT2D eigenvalue weighted by Crippen LogP contribution is 2.29. The van der Waals surface area contributed by atoms with Crippen LogP contribution in [0.3, 0.4) is 0 Å². The zero-order chi connectivity index (χ0) is 33.3. The highest BCUT2D eigenvalue weighted by atomic mass is 16.6. The molecular formula is C40H66O6. The second-order valence-corrected chi connectivity index (χ2v) is 12.3. The average molecular weight is 643 g/mol. The third-order valence-corrected chi connectivity index (χ3v) is 7.99. The van der Waals surface area contributed by atoms with Crippen LogP contribution in [0.2, 0.25) is 0 Å². The number of epoxide rings is 1. The number of esters is 2. The largest absolute Gasteiger partial charge is 0.462 e. The zero-order valence-corrected chi connectivity index (χ0v) is 29.3. The molecule has 3 atom stereocenters. The molecule has 2 unspecified atom stereocenters. The Kier molecular flexibility index (Phi) is 28.2. The molecule has 1 N–H and O–H groups in total. The van der Waals surface area contributed by atoms with Crippen LogP contribution in [-0.4, -0.2) is 48.6 Å². The van der Waals surface area contributed by atoms with E-state index in [0.717, 1.165) is 57.8 Å². The third kappa shape index (κ3) is 26.7. The SMILES string of the molecule is CC/C=C\CC1OC1C/C=C\C/C=C\C/C=C\C/C=C\CCC(=O)O[C@@H](CO)COC(=O)CCCCCCCCCCCCCC. The molecule has 46 heavy (non-hydrogen) atoms. The van der Waals surface area contributed by atoms with Crippen molar-refractivity contribution in [3.8, 4) is 0 Å². The van der Waals surface area contributed by atoms with Crippen molar-refractivity contribution in [3.63, 3.8) is 0 Å². The molecule has 1 rings (SSSR count). The normalized spacial score (nSPS) is 17.3. The van der Waals surface area contributed by atoms with Gasteiger partial charge in [-0.15, -0.1) is 0 Å². The lowest BCUT2D eigenvalue weighted by Gasteiger charge is -2.15. The summed E-state index contributed by atoms with van der Waals surface area (Å²) in [7, 11) is 0. The Labute approximate surface area is 281 Å². The lowest BCUT2D eigenvalue weighted by Crippen LogP contribution is -2.28. The number of allylic oxidation sites excluding steroid dienone is 8. The van der Waals surface area contributed by atoms with Crippen LogP contribution in [0.5, 0.6) is 0 Å². The summed E-state index contributed by atoms with van der Waals surface area (Å²) in [6.07, 6.45) is 43.3. The van der Waals surface area contributed by atoms with Gasteiger partial charge in [0.05, 0.1) is 18.8 Å². The topological polar surface area (TPSA) is 85.4 Å². The van der Waals surface area contributed by atoms with E-state index in [4.69, 9.17) is 14.2 Å². The lowest BCUT2D eigenvalue weighted by atomic mass is 10.0. The number of unbranched alkanes of at least 4 members (excludes halogenated alkanes) is 11. The van der Waals surface area contributed by atoms with E-state index in [0.29, 0.717) is 25.0 Å². The Balaban J connectivity index is 1.96. The Bertz CT molecular complexity index is 886. The van der Waals surface area contributed by atoms with Gasteiger partial charge in [-0.05, 0) is 51.4 Å². The molecular weight excluding hydrogens is 576 g/mol. The molecule has 0 amide bonds. The zero-order valence-electron chi connectivity index (χ0n) is 29.3. The van der Waals surface area contributed by atoms with Crippen LogP contribution in [0.25, 0.3) is 0 Å². The molecule has 1 fully saturated rings. The number of ether oxygens (including phenoxy) is 3. The number of hydrogen-bond donors (Lipinski definition) is 1. The number of aliphatic hydroxyl groups is 1. The highest BCUT2D eigenvalue weighted by Gasteiger charge is 2.35. The van der Waals surface area contributed by atoms with Gasteiger partial charge < -0.3 is 19.3 Å². The van der Waals surface area contributed by atoms with Crippen LogP contribution < -0.4 is 0 Å². The van der Waals surface area contributed by atoms with Crippen molar-refractivity contribution >= 4 is 11.9 Å². The molecule has 262 valence electrons. The van der Waals surface area contributed by atoms with Crippen molar-refractivity contribution in [2.45, 2.75) is 167 Å². The summed E-state index contributed by atoms with van der Waals surface area (Å²) >= 11 is 0. The molecule has 0 aromatic carbocycles. The van der Waals surface area contributed by atoms with Crippen molar-refractivity contribution in [3.05, 3.63) is 60.8 Å². The van der Waals surface area contributed by atoms with E-state index in [9.17, 15) is 14.7 Å². The molecule has 6 heteroatoms. The fourth-order valence-electron chi connectivity index (χ4n) is 5.09. The van der Waals surface area contributed by atoms with E-state index in [1.165, 1.54) is 57.8 Å². The average Bonchev–Trinajstić information content (AvgIpc) is 3.81. The van der Waals surface area contributed by atoms with Crippen molar-refractivity contribution in [1.29, 1.82) is 0 Å². The Morgan fingerprint density at radius 2 is 1.13 bits per heavy atom. The van der Waals surface area contributed by atoms with Crippen LogP contribution in [0.15, 0.2) is 60.8 Å². The maximum atomic E-state index is 12.1. The van der Waals surface area contributed by atoms with E-state index in [2.05, 4.69) is 62.5 Å². The molecule has 0 saturated carbocycles. The fraction of sp³-hybridized carbons (Fsp3) is 0.700. The van der Waals surface area contributed by atoms with Gasteiger partial charge in [0.15, 0.2) is 6.10 Å². The van der Waals surface area contributed by atoms with Crippen LogP contribution in [0, 0.1) is 0 Å². The minimum Gasteiger partial charge on any atom is -0.462 e. The van der Waals surface area contributed by atoms with Gasteiger partial charge >= 0.3 is 11.9 Å². The summed E-state index contributed by atoms with van der Waals surface area (Å²) < 4.78 is 16.2. The van der Waals surface area contributed by atoms with Crippen molar-refractivity contribution in [1.82, 2.24) is 0 Å². The van der Waals surface area contributed by atoms with Gasteiger partial charge in [0.1, 0.15) is 6.61 Å². The van der Waals surface area contributed by atoms with E-state index < -0.39 is 12.1 Å². The van der Waals surface area contributed by atoms with E-state index in [1.807, 2.05) is 12.2 Å². The molecule has 1 saturated heterocycles. The van der Waals surface area contributed by atoms with Gasteiger partial charge in [0, 0.05) is 12.8 Å². The second kappa shape index (κ2) is 31.2. The van der Waals surface area contributed by atoms with Crippen LogP contribution >= 0.6 is 0 Å². The summed E-state index contributed by atoms with van der Waals surface area (Å²) in [6, 6.07) is 0. The van der Waals surface area contributed by atoms with E-state index >= 15 is 0 Å². The molecule has 1 aliphatic heterocycles. The maximum Gasteiger partial charge on any atom is 0.306 e. The molecule has 0 bridgehead atoms. The number of carbonyl (C=O) groups is 2. The molecule has 0 aliphatic carbocycles. The minimum atomic E-state index is -0.813. The minimum absolute atomic E-state index is 0.0995. The standard InChI is InChI=1S/C40H66O6/c1-3-5-7-8-9-10-11-15-18-21-24-28-32-39(42)44-35-36(34-41)45-40(43)33-29-25-22-19-16-13-12-14-17-20-23-27-31-38-37(46-38)30-26-6-4-2/h6,13-14,16-17,22-23,25-27,36-38,41H,3-5,7-12,15,18-21,24,28-35H2,1-2H3/b16-13-,17-14-,25-22-,26-6-,27-23-/t36-,37?,38?/m0/s1. The monoisotopic (exact) mass is 642 g/mol. The van der Waals surface area contributed by atoms with Crippen molar-refractivity contribution < 1.29 is 28.9 Å². The first-order valence-electron chi connectivity index (χ1n) is 18.5. The lowest BCUT2D eigenvalue weighted by molar-refractivity contribution is -0.161. The van der Waals surface area contributed by atoms with Gasteiger partial charge in [-0.3, -0.25) is 9.59 Å². The Hall–Kier alpha value is -2.44. The van der Waals surface area contributed by atoms with Gasteiger partial charge in [-0.1, -0.05) is 145 Å². The first kappa shape index (κ1) is 41.6. The maximum absolute atomic E-state index is 12.1. The molecule has 0 radical (unpaired) electrons. The number of carbonyl (C=O) groups excluding carboxylic acids is 2. The Morgan fingerprint density at radius 1 is 0.630 bits per heavy atom. The molecule has 1 heterocycles. The number of hydrogen-bond acceptors (Lipinski definition) is 6. The molecule has 6 nitrogen and oxygen atoms in total. The third-order valence-electron chi connectivity index (χ3n) is 7.99. The number of aliphatic hydroxyl groups excluding tert-OH is 1. The van der Waals surface area contributed by atoms with Gasteiger partial charge in [-0.2, -0.15) is 0 Å². The highest BCUT2D eigenvalue weighted by molar-refractivity contribution is 5.70. The quantitative estimate of drug-likeness (QED) is 0.0351. The predicted molar refractivity (Wildman–Crippen MR) is 191 cm³/mol. The summed E-state index contributed by atoms with van der Waals surface area (Å²) in [5.74, 6) is -0.697. The van der Waals surface area contributed by atoms with Crippen LogP contribution in [0.1, 0.15) is 149 Å². The molecule has 0 aromatic rings. The second-order valence-electron chi connectivity index (χ2n) is 12.3. The van der Waals surface area contributed by atoms with Gasteiger partial charge in [0.25, 0.3) is 0 Å². The smallest absolute Gasteiger partial charge is 0.306 e. The van der Waals surface area contributed by atoms with E-state index in [1.54, 1.807) is 0 Å². The predicted octanol–water partition coefficient (Wildman–Crippen LogP) is 10.2. The summed E-state index contributed by atoms with van der Waals surface area (Å²) in [5, 5.41) is 9.52. The van der Waals surface area contributed by atoms with Crippen LogP contribution in [-0.2, 0) is 23.8 Å². The summed E-state index contributed by atoms with van der Waals surface area (Å²) in [5.41, 5.74) is 0. The van der Waals surface area contributed by atoms with Gasteiger partial charge in [0.2, 0.25) is 0 Å². The summed E-state index contributed by atoms with van der Waals surface area (Å²) in [6.45, 7) is 3.93. The molecule has 0 aromatic heterocycles. The summed E-state index contributed by atoms with van der Waals surface area (Å²) in [4.78, 5) is 24.1.